The number of halogens is 1. The number of thiazole rings is 1. The molecule has 108 valence electrons. The number of likely N-dealkylation sites (N-methyl/N-ethyl adjacent to an activating group) is 1. The van der Waals surface area contributed by atoms with E-state index >= 15 is 0 Å². The van der Waals surface area contributed by atoms with Crippen molar-refractivity contribution in [2.45, 2.75) is 13.0 Å². The Morgan fingerprint density at radius 2 is 2.45 bits per heavy atom. The molecule has 0 radical (unpaired) electrons. The van der Waals surface area contributed by atoms with Crippen LogP contribution in [0.25, 0.3) is 10.2 Å². The molecule has 4 nitrogen and oxygen atoms in total. The highest BCUT2D eigenvalue weighted by atomic mass is 35.5. The second-order valence-corrected chi connectivity index (χ2v) is 6.37. The number of aromatic nitrogens is 1. The molecule has 1 N–H and O–H groups in total. The molecule has 1 aromatic heterocycles. The third-order valence-corrected chi connectivity index (χ3v) is 4.73. The summed E-state index contributed by atoms with van der Waals surface area (Å²) in [7, 11) is 0. The van der Waals surface area contributed by atoms with Crippen molar-refractivity contribution in [2.75, 3.05) is 38.1 Å². The first-order valence-corrected chi connectivity index (χ1v) is 8.08. The van der Waals surface area contributed by atoms with E-state index in [2.05, 4.69) is 22.1 Å². The van der Waals surface area contributed by atoms with Crippen LogP contribution in [0.1, 0.15) is 6.92 Å². The van der Waals surface area contributed by atoms with E-state index in [4.69, 9.17) is 16.3 Å². The van der Waals surface area contributed by atoms with Crippen molar-refractivity contribution >= 4 is 38.3 Å². The Kier molecular flexibility index (Phi) is 4.41. The Morgan fingerprint density at radius 3 is 3.30 bits per heavy atom. The molecule has 1 aliphatic heterocycles. The zero-order valence-corrected chi connectivity index (χ0v) is 13.0. The number of nitrogens with one attached hydrogen (secondary N) is 1. The lowest BCUT2D eigenvalue weighted by molar-refractivity contribution is -0.0191. The molecule has 0 amide bonds. The van der Waals surface area contributed by atoms with Crippen molar-refractivity contribution in [2.24, 2.45) is 0 Å². The zero-order chi connectivity index (χ0) is 13.9. The number of fused-ring (bicyclic) bond motifs is 1. The van der Waals surface area contributed by atoms with Crippen LogP contribution in [0.3, 0.4) is 0 Å². The van der Waals surface area contributed by atoms with Gasteiger partial charge in [0.2, 0.25) is 0 Å². The van der Waals surface area contributed by atoms with Crippen LogP contribution < -0.4 is 5.32 Å². The molecule has 1 unspecified atom stereocenters. The van der Waals surface area contributed by atoms with Crippen molar-refractivity contribution in [1.82, 2.24) is 9.88 Å². The lowest BCUT2D eigenvalue weighted by Crippen LogP contribution is -2.45. The highest BCUT2D eigenvalue weighted by Crippen LogP contribution is 2.28. The fourth-order valence-electron chi connectivity index (χ4n) is 2.37. The van der Waals surface area contributed by atoms with Gasteiger partial charge in [-0.25, -0.2) is 4.98 Å². The maximum atomic E-state index is 5.98. The number of anilines is 1. The molecular weight excluding hydrogens is 294 g/mol. The van der Waals surface area contributed by atoms with Gasteiger partial charge in [-0.15, -0.1) is 0 Å². The van der Waals surface area contributed by atoms with E-state index in [0.717, 1.165) is 53.2 Å². The predicted molar refractivity (Wildman–Crippen MR) is 85.0 cm³/mol. The Bertz CT molecular complexity index is 589. The van der Waals surface area contributed by atoms with Crippen LogP contribution in [0, 0.1) is 0 Å². The van der Waals surface area contributed by atoms with E-state index in [9.17, 15) is 0 Å². The van der Waals surface area contributed by atoms with Crippen molar-refractivity contribution in [3.63, 3.8) is 0 Å². The molecule has 1 fully saturated rings. The third kappa shape index (κ3) is 3.23. The van der Waals surface area contributed by atoms with Crippen LogP contribution in [0.2, 0.25) is 5.02 Å². The molecule has 1 atom stereocenters. The van der Waals surface area contributed by atoms with Gasteiger partial charge in [-0.2, -0.15) is 0 Å². The van der Waals surface area contributed by atoms with E-state index in [1.54, 1.807) is 11.3 Å². The lowest BCUT2D eigenvalue weighted by Gasteiger charge is -2.32. The van der Waals surface area contributed by atoms with Crippen LogP contribution in [0.15, 0.2) is 18.2 Å². The van der Waals surface area contributed by atoms with Crippen molar-refractivity contribution < 1.29 is 4.74 Å². The topological polar surface area (TPSA) is 37.4 Å². The number of morpholine rings is 1. The van der Waals surface area contributed by atoms with E-state index in [1.165, 1.54) is 0 Å². The summed E-state index contributed by atoms with van der Waals surface area (Å²) in [6, 6.07) is 5.81. The molecule has 3 rings (SSSR count). The van der Waals surface area contributed by atoms with Gasteiger partial charge in [-0.05, 0) is 24.7 Å². The quantitative estimate of drug-likeness (QED) is 0.941. The molecule has 0 spiro atoms. The van der Waals surface area contributed by atoms with Gasteiger partial charge in [-0.3, -0.25) is 4.90 Å². The van der Waals surface area contributed by atoms with Gasteiger partial charge >= 0.3 is 0 Å². The number of hydrogen-bond acceptors (Lipinski definition) is 5. The Balaban J connectivity index is 1.62. The Labute approximate surface area is 127 Å². The average Bonchev–Trinajstić information content (AvgIpc) is 2.87. The highest BCUT2D eigenvalue weighted by molar-refractivity contribution is 7.22. The lowest BCUT2D eigenvalue weighted by atomic mass is 10.2. The van der Waals surface area contributed by atoms with Crippen LogP contribution in [-0.2, 0) is 4.74 Å². The second-order valence-electron chi connectivity index (χ2n) is 4.90. The smallest absolute Gasteiger partial charge is 0.183 e. The molecule has 2 aromatic rings. The van der Waals surface area contributed by atoms with E-state index < -0.39 is 0 Å². The van der Waals surface area contributed by atoms with Crippen molar-refractivity contribution in [3.05, 3.63) is 23.2 Å². The third-order valence-electron chi connectivity index (χ3n) is 3.50. The van der Waals surface area contributed by atoms with Crippen LogP contribution in [0.4, 0.5) is 5.13 Å². The first-order chi connectivity index (χ1) is 9.74. The summed E-state index contributed by atoms with van der Waals surface area (Å²) in [6.07, 6.45) is 0.235. The van der Waals surface area contributed by atoms with E-state index in [-0.39, 0.29) is 6.10 Å². The number of nitrogens with zero attached hydrogens (tertiary/aromatic N) is 2. The van der Waals surface area contributed by atoms with Crippen LogP contribution in [-0.4, -0.2) is 48.8 Å². The molecule has 0 bridgehead atoms. The summed E-state index contributed by atoms with van der Waals surface area (Å²) in [6.45, 7) is 6.90. The van der Waals surface area contributed by atoms with Gasteiger partial charge in [0.15, 0.2) is 5.13 Å². The van der Waals surface area contributed by atoms with Crippen LogP contribution >= 0.6 is 22.9 Å². The molecular formula is C14H18ClN3OS. The van der Waals surface area contributed by atoms with Gasteiger partial charge in [-0.1, -0.05) is 29.9 Å². The SMILES string of the molecule is CCN1CCOC(CNc2nc3cc(Cl)ccc3s2)C1. The number of benzene rings is 1. The van der Waals surface area contributed by atoms with E-state index in [0.29, 0.717) is 0 Å². The molecule has 1 aromatic carbocycles. The normalized spacial score (nSPS) is 20.4. The van der Waals surface area contributed by atoms with E-state index in [1.807, 2.05) is 18.2 Å². The highest BCUT2D eigenvalue weighted by Gasteiger charge is 2.19. The second kappa shape index (κ2) is 6.26. The summed E-state index contributed by atoms with van der Waals surface area (Å²) >= 11 is 7.63. The maximum Gasteiger partial charge on any atom is 0.183 e. The largest absolute Gasteiger partial charge is 0.374 e. The summed E-state index contributed by atoms with van der Waals surface area (Å²) in [4.78, 5) is 6.96. The molecule has 6 heteroatoms. The molecule has 2 heterocycles. The standard InChI is InChI=1S/C14H18ClN3OS/c1-2-18-5-6-19-11(9-18)8-16-14-17-12-7-10(15)3-4-13(12)20-14/h3-4,7,11H,2,5-6,8-9H2,1H3,(H,16,17). The maximum absolute atomic E-state index is 5.98. The van der Waals surface area contributed by atoms with Gasteiger partial charge in [0.05, 0.1) is 22.9 Å². The number of ether oxygens (including phenoxy) is 1. The molecule has 1 aliphatic rings. The molecule has 0 aliphatic carbocycles. The number of hydrogen-bond donors (Lipinski definition) is 1. The summed E-state index contributed by atoms with van der Waals surface area (Å²) in [5.41, 5.74) is 0.949. The zero-order valence-electron chi connectivity index (χ0n) is 11.4. The van der Waals surface area contributed by atoms with Gasteiger partial charge in [0.1, 0.15) is 0 Å². The van der Waals surface area contributed by atoms with Crippen molar-refractivity contribution in [1.29, 1.82) is 0 Å². The minimum Gasteiger partial charge on any atom is -0.374 e. The molecule has 0 saturated carbocycles. The summed E-state index contributed by atoms with van der Waals surface area (Å²) in [5, 5.41) is 5.04. The minimum absolute atomic E-state index is 0.235. The monoisotopic (exact) mass is 311 g/mol. The Hall–Kier alpha value is -0.880. The Morgan fingerprint density at radius 1 is 1.55 bits per heavy atom. The fraction of sp³-hybridized carbons (Fsp3) is 0.500. The van der Waals surface area contributed by atoms with Crippen molar-refractivity contribution in [3.8, 4) is 0 Å². The first-order valence-electron chi connectivity index (χ1n) is 6.88. The fourth-order valence-corrected chi connectivity index (χ4v) is 3.39. The minimum atomic E-state index is 0.235. The molecule has 20 heavy (non-hydrogen) atoms. The van der Waals surface area contributed by atoms with Gasteiger partial charge in [0.25, 0.3) is 0 Å². The number of rotatable bonds is 4. The van der Waals surface area contributed by atoms with Gasteiger partial charge < -0.3 is 10.1 Å². The van der Waals surface area contributed by atoms with Crippen LogP contribution in [0.5, 0.6) is 0 Å². The first kappa shape index (κ1) is 14.1. The molecule has 1 saturated heterocycles. The summed E-state index contributed by atoms with van der Waals surface area (Å²) in [5.74, 6) is 0. The average molecular weight is 312 g/mol. The summed E-state index contributed by atoms with van der Waals surface area (Å²) < 4.78 is 6.93. The predicted octanol–water partition coefficient (Wildman–Crippen LogP) is 3.08. The van der Waals surface area contributed by atoms with Gasteiger partial charge in [0, 0.05) is 24.7 Å².